The normalized spacial score (nSPS) is 20.4. The van der Waals surface area contributed by atoms with Gasteiger partial charge in [0.05, 0.1) is 11.5 Å². The van der Waals surface area contributed by atoms with Gasteiger partial charge >= 0.3 is 0 Å². The standard InChI is InChI=1S/C12H14ClNO3S/c13-11(10-4-2-1-3-5-10)12(15)14-6-8-18(16,17)9-7-14/h1-5,11H,6-9H2. The van der Waals surface area contributed by atoms with Crippen LogP contribution < -0.4 is 0 Å². The molecule has 98 valence electrons. The zero-order valence-electron chi connectivity index (χ0n) is 9.75. The SMILES string of the molecule is O=C(C(Cl)c1ccccc1)N1CCS(=O)(=O)CC1. The van der Waals surface area contributed by atoms with E-state index < -0.39 is 15.2 Å². The fraction of sp³-hybridized carbons (Fsp3) is 0.417. The molecule has 1 aliphatic heterocycles. The number of benzene rings is 1. The van der Waals surface area contributed by atoms with Crippen LogP contribution in [0.5, 0.6) is 0 Å². The third-order valence-corrected chi connectivity index (χ3v) is 5.01. The summed E-state index contributed by atoms with van der Waals surface area (Å²) in [6.45, 7) is 0.467. The molecule has 1 aliphatic rings. The summed E-state index contributed by atoms with van der Waals surface area (Å²) in [5.41, 5.74) is 0.734. The van der Waals surface area contributed by atoms with Gasteiger partial charge in [0.2, 0.25) is 5.91 Å². The molecule has 1 saturated heterocycles. The third-order valence-electron chi connectivity index (χ3n) is 2.97. The Morgan fingerprint density at radius 1 is 1.17 bits per heavy atom. The fourth-order valence-electron chi connectivity index (χ4n) is 1.86. The highest BCUT2D eigenvalue weighted by atomic mass is 35.5. The van der Waals surface area contributed by atoms with Gasteiger partial charge in [-0.05, 0) is 5.56 Å². The van der Waals surface area contributed by atoms with E-state index in [-0.39, 0.29) is 30.5 Å². The second-order valence-corrected chi connectivity index (χ2v) is 6.99. The average molecular weight is 288 g/mol. The van der Waals surface area contributed by atoms with Gasteiger partial charge in [0, 0.05) is 13.1 Å². The number of carbonyl (C=O) groups excluding carboxylic acids is 1. The first kappa shape index (κ1) is 13.4. The molecule has 1 unspecified atom stereocenters. The zero-order chi connectivity index (χ0) is 13.2. The average Bonchev–Trinajstić information content (AvgIpc) is 2.38. The molecule has 1 amide bonds. The van der Waals surface area contributed by atoms with Crippen LogP contribution in [0.15, 0.2) is 30.3 Å². The molecule has 1 aromatic rings. The molecular weight excluding hydrogens is 274 g/mol. The monoisotopic (exact) mass is 287 g/mol. The minimum atomic E-state index is -2.98. The first-order chi connectivity index (χ1) is 8.49. The van der Waals surface area contributed by atoms with Crippen LogP contribution in [0.1, 0.15) is 10.9 Å². The largest absolute Gasteiger partial charge is 0.339 e. The molecule has 1 atom stereocenters. The highest BCUT2D eigenvalue weighted by Gasteiger charge is 2.29. The van der Waals surface area contributed by atoms with Crippen molar-refractivity contribution in [3.63, 3.8) is 0 Å². The van der Waals surface area contributed by atoms with E-state index in [0.717, 1.165) is 5.56 Å². The first-order valence-corrected chi connectivity index (χ1v) is 7.93. The number of amides is 1. The topological polar surface area (TPSA) is 54.5 Å². The van der Waals surface area contributed by atoms with Crippen LogP contribution in [-0.2, 0) is 14.6 Å². The van der Waals surface area contributed by atoms with Crippen LogP contribution in [0.2, 0.25) is 0 Å². The molecule has 0 radical (unpaired) electrons. The summed E-state index contributed by atoms with van der Waals surface area (Å²) in [7, 11) is -2.98. The quantitative estimate of drug-likeness (QED) is 0.769. The molecule has 0 saturated carbocycles. The van der Waals surface area contributed by atoms with E-state index in [2.05, 4.69) is 0 Å². The van der Waals surface area contributed by atoms with Gasteiger partial charge in [-0.15, -0.1) is 11.6 Å². The molecule has 4 nitrogen and oxygen atoms in total. The lowest BCUT2D eigenvalue weighted by atomic mass is 10.1. The minimum Gasteiger partial charge on any atom is -0.339 e. The Morgan fingerprint density at radius 2 is 1.72 bits per heavy atom. The van der Waals surface area contributed by atoms with Crippen molar-refractivity contribution in [2.75, 3.05) is 24.6 Å². The van der Waals surface area contributed by atoms with Crippen molar-refractivity contribution >= 4 is 27.3 Å². The molecule has 2 rings (SSSR count). The molecule has 0 N–H and O–H groups in total. The number of halogens is 1. The van der Waals surface area contributed by atoms with Crippen molar-refractivity contribution in [1.29, 1.82) is 0 Å². The Balaban J connectivity index is 2.05. The molecule has 6 heteroatoms. The van der Waals surface area contributed by atoms with Crippen LogP contribution in [-0.4, -0.2) is 43.8 Å². The summed E-state index contributed by atoms with van der Waals surface area (Å²) >= 11 is 6.12. The van der Waals surface area contributed by atoms with E-state index >= 15 is 0 Å². The van der Waals surface area contributed by atoms with Crippen molar-refractivity contribution in [2.45, 2.75) is 5.38 Å². The number of sulfone groups is 1. The van der Waals surface area contributed by atoms with Crippen molar-refractivity contribution in [3.8, 4) is 0 Å². The lowest BCUT2D eigenvalue weighted by Gasteiger charge is -2.28. The lowest BCUT2D eigenvalue weighted by molar-refractivity contribution is -0.130. The van der Waals surface area contributed by atoms with Crippen molar-refractivity contribution in [2.24, 2.45) is 0 Å². The number of hydrogen-bond donors (Lipinski definition) is 0. The number of alkyl halides is 1. The van der Waals surface area contributed by atoms with E-state index in [1.54, 1.807) is 12.1 Å². The van der Waals surface area contributed by atoms with E-state index in [4.69, 9.17) is 11.6 Å². The molecule has 18 heavy (non-hydrogen) atoms. The van der Waals surface area contributed by atoms with Crippen LogP contribution >= 0.6 is 11.6 Å². The molecule has 0 spiro atoms. The molecule has 1 aromatic carbocycles. The van der Waals surface area contributed by atoms with Gasteiger partial charge in [-0.1, -0.05) is 30.3 Å². The maximum atomic E-state index is 12.1. The maximum Gasteiger partial charge on any atom is 0.245 e. The summed E-state index contributed by atoms with van der Waals surface area (Å²) < 4.78 is 22.6. The van der Waals surface area contributed by atoms with Gasteiger partial charge in [-0.25, -0.2) is 8.42 Å². The Kier molecular flexibility index (Phi) is 3.92. The fourth-order valence-corrected chi connectivity index (χ4v) is 3.34. The predicted molar refractivity (Wildman–Crippen MR) is 70.3 cm³/mol. The van der Waals surface area contributed by atoms with Crippen molar-refractivity contribution in [3.05, 3.63) is 35.9 Å². The predicted octanol–water partition coefficient (Wildman–Crippen LogP) is 1.22. The zero-order valence-corrected chi connectivity index (χ0v) is 11.3. The molecule has 0 aliphatic carbocycles. The van der Waals surface area contributed by atoms with Gasteiger partial charge < -0.3 is 4.90 Å². The van der Waals surface area contributed by atoms with E-state index in [1.165, 1.54) is 4.90 Å². The summed E-state index contributed by atoms with van der Waals surface area (Å²) in [5, 5.41) is -0.744. The summed E-state index contributed by atoms with van der Waals surface area (Å²) in [4.78, 5) is 13.6. The van der Waals surface area contributed by atoms with E-state index in [1.807, 2.05) is 18.2 Å². The molecule has 0 bridgehead atoms. The smallest absolute Gasteiger partial charge is 0.245 e. The molecule has 0 aromatic heterocycles. The summed E-state index contributed by atoms with van der Waals surface area (Å²) in [5.74, 6) is -0.174. The summed E-state index contributed by atoms with van der Waals surface area (Å²) in [6.07, 6.45) is 0. The van der Waals surface area contributed by atoms with Gasteiger partial charge in [-0.2, -0.15) is 0 Å². The van der Waals surface area contributed by atoms with Crippen LogP contribution in [0.3, 0.4) is 0 Å². The van der Waals surface area contributed by atoms with Crippen LogP contribution in [0.25, 0.3) is 0 Å². The third kappa shape index (κ3) is 3.03. The molecular formula is C12H14ClNO3S. The molecule has 1 fully saturated rings. The highest BCUT2D eigenvalue weighted by Crippen LogP contribution is 2.23. The highest BCUT2D eigenvalue weighted by molar-refractivity contribution is 7.91. The van der Waals surface area contributed by atoms with Gasteiger partial charge in [0.1, 0.15) is 5.38 Å². The second kappa shape index (κ2) is 5.28. The summed E-state index contributed by atoms with van der Waals surface area (Å²) in [6, 6.07) is 9.06. The Hall–Kier alpha value is -1.07. The van der Waals surface area contributed by atoms with Crippen molar-refractivity contribution < 1.29 is 13.2 Å². The first-order valence-electron chi connectivity index (χ1n) is 5.68. The Bertz CT molecular complexity index is 516. The van der Waals surface area contributed by atoms with Crippen LogP contribution in [0, 0.1) is 0 Å². The second-order valence-electron chi connectivity index (χ2n) is 4.25. The Morgan fingerprint density at radius 3 is 2.28 bits per heavy atom. The van der Waals surface area contributed by atoms with Gasteiger partial charge in [-0.3, -0.25) is 4.79 Å². The van der Waals surface area contributed by atoms with E-state index in [9.17, 15) is 13.2 Å². The number of hydrogen-bond acceptors (Lipinski definition) is 3. The maximum absolute atomic E-state index is 12.1. The minimum absolute atomic E-state index is 0.0249. The lowest BCUT2D eigenvalue weighted by Crippen LogP contribution is -2.44. The molecule has 1 heterocycles. The van der Waals surface area contributed by atoms with Gasteiger partial charge in [0.15, 0.2) is 9.84 Å². The number of rotatable bonds is 2. The van der Waals surface area contributed by atoms with Crippen molar-refractivity contribution in [1.82, 2.24) is 4.90 Å². The van der Waals surface area contributed by atoms with Gasteiger partial charge in [0.25, 0.3) is 0 Å². The Labute approximate surface area is 111 Å². The number of carbonyl (C=O) groups is 1. The van der Waals surface area contributed by atoms with Crippen LogP contribution in [0.4, 0.5) is 0 Å². The number of nitrogens with zero attached hydrogens (tertiary/aromatic N) is 1. The van der Waals surface area contributed by atoms with E-state index in [0.29, 0.717) is 0 Å².